The van der Waals surface area contributed by atoms with Crippen molar-refractivity contribution in [3.05, 3.63) is 35.4 Å². The minimum absolute atomic E-state index is 0.129. The van der Waals surface area contributed by atoms with Crippen molar-refractivity contribution in [2.75, 3.05) is 12.4 Å². The van der Waals surface area contributed by atoms with Crippen LogP contribution in [0.15, 0.2) is 18.3 Å². The number of hydrogen-bond acceptors (Lipinski definition) is 7. The zero-order chi connectivity index (χ0) is 25.0. The summed E-state index contributed by atoms with van der Waals surface area (Å²) in [5.74, 6) is 0.599. The Morgan fingerprint density at radius 1 is 1.31 bits per heavy atom. The first-order valence-corrected chi connectivity index (χ1v) is 11.9. The molecule has 0 spiro atoms. The van der Waals surface area contributed by atoms with E-state index in [1.807, 2.05) is 0 Å². The summed E-state index contributed by atoms with van der Waals surface area (Å²) in [6.07, 6.45) is -0.616. The van der Waals surface area contributed by atoms with E-state index in [9.17, 15) is 13.6 Å². The van der Waals surface area contributed by atoms with E-state index in [0.29, 0.717) is 41.5 Å². The molecule has 3 atom stereocenters. The number of aromatic nitrogens is 5. The molecule has 13 heteroatoms. The summed E-state index contributed by atoms with van der Waals surface area (Å²) in [5, 5.41) is 17.1. The van der Waals surface area contributed by atoms with Gasteiger partial charge in [-0.3, -0.25) is 5.10 Å². The molecular formula is C23H26F3N7O3. The highest BCUT2D eigenvalue weighted by Gasteiger charge is 2.58. The van der Waals surface area contributed by atoms with Crippen molar-refractivity contribution in [2.45, 2.75) is 68.9 Å². The van der Waals surface area contributed by atoms with Crippen LogP contribution in [0.4, 0.5) is 29.6 Å². The van der Waals surface area contributed by atoms with Gasteiger partial charge in [-0.2, -0.15) is 10.2 Å². The van der Waals surface area contributed by atoms with Crippen molar-refractivity contribution in [1.82, 2.24) is 30.1 Å². The number of ether oxygens (including phenoxy) is 2. The summed E-state index contributed by atoms with van der Waals surface area (Å²) in [6.45, 7) is 0.208. The maximum absolute atomic E-state index is 15.2. The quantitative estimate of drug-likeness (QED) is 0.421. The lowest BCUT2D eigenvalue weighted by Crippen LogP contribution is -2.68. The van der Waals surface area contributed by atoms with Gasteiger partial charge in [0.05, 0.1) is 18.5 Å². The SMILES string of the molecule is COCc1cc2c(Nc3cc([C@@H]4CC[C@H](OC(=O)NC56CC(C5)C6)[C@@H]4F)[nH]n3)nc(C(F)F)cn2n1. The third-order valence-electron chi connectivity index (χ3n) is 7.45. The van der Waals surface area contributed by atoms with Crippen molar-refractivity contribution in [2.24, 2.45) is 5.92 Å². The first-order valence-electron chi connectivity index (χ1n) is 11.9. The van der Waals surface area contributed by atoms with E-state index in [0.717, 1.165) is 25.5 Å². The topological polar surface area (TPSA) is 118 Å². The third kappa shape index (κ3) is 4.04. The Balaban J connectivity index is 1.15. The van der Waals surface area contributed by atoms with E-state index >= 15 is 4.39 Å². The number of alkyl carbamates (subject to hydrolysis) is 1. The zero-order valence-corrected chi connectivity index (χ0v) is 19.5. The number of carbonyl (C=O) groups is 1. The third-order valence-corrected chi connectivity index (χ3v) is 7.45. The molecule has 4 fully saturated rings. The molecular weight excluding hydrogens is 479 g/mol. The number of rotatable bonds is 8. The summed E-state index contributed by atoms with van der Waals surface area (Å²) >= 11 is 0. The van der Waals surface area contributed by atoms with Crippen LogP contribution in [0.3, 0.4) is 0 Å². The average Bonchev–Trinajstić information content (AvgIpc) is 3.49. The molecule has 3 aromatic heterocycles. The van der Waals surface area contributed by atoms with Crippen LogP contribution >= 0.6 is 0 Å². The Hall–Kier alpha value is -3.35. The van der Waals surface area contributed by atoms with E-state index in [1.165, 1.54) is 11.6 Å². The molecule has 4 aliphatic carbocycles. The van der Waals surface area contributed by atoms with Crippen molar-refractivity contribution in [1.29, 1.82) is 0 Å². The van der Waals surface area contributed by atoms with Crippen molar-refractivity contribution in [3.63, 3.8) is 0 Å². The molecule has 4 aliphatic rings. The summed E-state index contributed by atoms with van der Waals surface area (Å²) < 4.78 is 53.8. The lowest BCUT2D eigenvalue weighted by Gasteiger charge is -2.61. The van der Waals surface area contributed by atoms with Crippen LogP contribution in [-0.4, -0.2) is 55.8 Å². The first kappa shape index (κ1) is 23.1. The van der Waals surface area contributed by atoms with Crippen LogP contribution < -0.4 is 10.6 Å². The molecule has 0 radical (unpaired) electrons. The Morgan fingerprint density at radius 3 is 2.81 bits per heavy atom. The number of halogens is 3. The van der Waals surface area contributed by atoms with Gasteiger partial charge >= 0.3 is 6.09 Å². The predicted molar refractivity (Wildman–Crippen MR) is 121 cm³/mol. The summed E-state index contributed by atoms with van der Waals surface area (Å²) in [5.41, 5.74) is 0.946. The largest absolute Gasteiger partial charge is 0.443 e. The number of amides is 1. The number of anilines is 2. The molecule has 192 valence electrons. The van der Waals surface area contributed by atoms with Gasteiger partial charge in [0.2, 0.25) is 0 Å². The number of fused-ring (bicyclic) bond motifs is 1. The second kappa shape index (κ2) is 8.64. The number of carbonyl (C=O) groups excluding carboxylic acids is 1. The van der Waals surface area contributed by atoms with Crippen LogP contribution in [0.5, 0.6) is 0 Å². The zero-order valence-electron chi connectivity index (χ0n) is 19.5. The molecule has 7 rings (SSSR count). The molecule has 4 saturated carbocycles. The summed E-state index contributed by atoms with van der Waals surface area (Å²) in [4.78, 5) is 16.3. The van der Waals surface area contributed by atoms with Gasteiger partial charge in [0.15, 0.2) is 11.6 Å². The highest BCUT2D eigenvalue weighted by atomic mass is 19.3. The maximum Gasteiger partial charge on any atom is 0.407 e. The highest BCUT2D eigenvalue weighted by molar-refractivity contribution is 5.73. The molecule has 0 aromatic carbocycles. The van der Waals surface area contributed by atoms with E-state index in [-0.39, 0.29) is 18.0 Å². The molecule has 3 aromatic rings. The van der Waals surface area contributed by atoms with E-state index in [1.54, 1.807) is 12.1 Å². The van der Waals surface area contributed by atoms with Crippen molar-refractivity contribution < 1.29 is 27.4 Å². The molecule has 3 heterocycles. The average molecular weight is 506 g/mol. The van der Waals surface area contributed by atoms with Crippen molar-refractivity contribution in [3.8, 4) is 0 Å². The number of aromatic amines is 1. The lowest BCUT2D eigenvalue weighted by atomic mass is 9.50. The van der Waals surface area contributed by atoms with Gasteiger partial charge in [-0.15, -0.1) is 0 Å². The first-order chi connectivity index (χ1) is 17.3. The fraction of sp³-hybridized carbons (Fsp3) is 0.565. The van der Waals surface area contributed by atoms with Crippen LogP contribution in [0, 0.1) is 5.92 Å². The fourth-order valence-corrected chi connectivity index (χ4v) is 5.58. The Bertz CT molecular complexity index is 1280. The summed E-state index contributed by atoms with van der Waals surface area (Å²) in [7, 11) is 1.51. The van der Waals surface area contributed by atoms with E-state index in [2.05, 4.69) is 30.9 Å². The Morgan fingerprint density at radius 2 is 2.11 bits per heavy atom. The normalized spacial score (nSPS) is 28.7. The van der Waals surface area contributed by atoms with Crippen molar-refractivity contribution >= 4 is 23.2 Å². The Labute approximate surface area is 203 Å². The number of alkyl halides is 3. The van der Waals surface area contributed by atoms with Crippen LogP contribution in [0.2, 0.25) is 0 Å². The molecule has 0 saturated heterocycles. The second-order valence-corrected chi connectivity index (χ2v) is 10.0. The highest BCUT2D eigenvalue weighted by Crippen LogP contribution is 2.57. The minimum atomic E-state index is -2.80. The van der Waals surface area contributed by atoms with Crippen LogP contribution in [-0.2, 0) is 16.1 Å². The molecule has 10 nitrogen and oxygen atoms in total. The molecule has 2 bridgehead atoms. The Kier molecular flexibility index (Phi) is 5.54. The van der Waals surface area contributed by atoms with Gasteiger partial charge in [0, 0.05) is 30.3 Å². The molecule has 1 amide bonds. The standard InChI is InChI=1S/C23H26F3N7O3/c1-35-10-12-4-16-21(27-15(20(25)26)9-33(16)32-12)28-18-5-14(30-31-18)13-2-3-17(19(13)24)36-22(34)29-23-6-11(7-23)8-23/h4-5,9,11,13,17,19-20H,2-3,6-8,10H2,1H3,(H,29,34)(H2,27,28,30,31)/t11?,13-,17-,19+,23?/m0/s1. The minimum Gasteiger partial charge on any atom is -0.443 e. The van der Waals surface area contributed by atoms with Gasteiger partial charge in [0.1, 0.15) is 23.5 Å². The number of nitrogens with one attached hydrogen (secondary N) is 3. The predicted octanol–water partition coefficient (Wildman–Crippen LogP) is 4.14. The van der Waals surface area contributed by atoms with E-state index < -0.39 is 36.4 Å². The van der Waals surface area contributed by atoms with Gasteiger partial charge in [-0.25, -0.2) is 27.5 Å². The van der Waals surface area contributed by atoms with Gasteiger partial charge in [-0.1, -0.05) is 0 Å². The van der Waals surface area contributed by atoms with Gasteiger partial charge in [0.25, 0.3) is 6.43 Å². The fourth-order valence-electron chi connectivity index (χ4n) is 5.58. The van der Waals surface area contributed by atoms with E-state index in [4.69, 9.17) is 9.47 Å². The molecule has 3 N–H and O–H groups in total. The van der Waals surface area contributed by atoms with Gasteiger partial charge < -0.3 is 20.1 Å². The number of methoxy groups -OCH3 is 1. The summed E-state index contributed by atoms with van der Waals surface area (Å²) in [6, 6.07) is 3.29. The second-order valence-electron chi connectivity index (χ2n) is 10.0. The number of H-pyrrole nitrogens is 1. The smallest absolute Gasteiger partial charge is 0.407 e. The molecule has 36 heavy (non-hydrogen) atoms. The maximum atomic E-state index is 15.2. The van der Waals surface area contributed by atoms with Gasteiger partial charge in [-0.05, 0) is 44.1 Å². The monoisotopic (exact) mass is 505 g/mol. The lowest BCUT2D eigenvalue weighted by molar-refractivity contribution is -0.0532. The van der Waals surface area contributed by atoms with Crippen LogP contribution in [0.25, 0.3) is 5.52 Å². The number of nitrogens with zero attached hydrogens (tertiary/aromatic N) is 4. The van der Waals surface area contributed by atoms with Crippen LogP contribution in [0.1, 0.15) is 61.5 Å². The number of hydrogen-bond donors (Lipinski definition) is 3. The molecule has 0 aliphatic heterocycles. The molecule has 0 unspecified atom stereocenters.